The SMILES string of the molecule is Cc1nc(NC(=O)[C@H](c2ccccc2)n2cccn2)sc1C. The number of thiazole rings is 1. The Morgan fingerprint density at radius 2 is 2.00 bits per heavy atom. The van der Waals surface area contributed by atoms with E-state index in [1.165, 1.54) is 11.3 Å². The third kappa shape index (κ3) is 2.92. The van der Waals surface area contributed by atoms with Crippen LogP contribution in [0.4, 0.5) is 5.13 Å². The summed E-state index contributed by atoms with van der Waals surface area (Å²) in [7, 11) is 0. The first-order valence-corrected chi connectivity index (χ1v) is 7.76. The maximum atomic E-state index is 12.7. The number of carbonyl (C=O) groups is 1. The molecule has 0 bridgehead atoms. The monoisotopic (exact) mass is 312 g/mol. The average Bonchev–Trinajstić information content (AvgIpc) is 3.12. The molecule has 22 heavy (non-hydrogen) atoms. The zero-order valence-corrected chi connectivity index (χ0v) is 13.2. The third-order valence-electron chi connectivity index (χ3n) is 3.41. The first-order chi connectivity index (χ1) is 10.6. The smallest absolute Gasteiger partial charge is 0.255 e. The molecule has 1 amide bonds. The summed E-state index contributed by atoms with van der Waals surface area (Å²) >= 11 is 1.48. The Hall–Kier alpha value is -2.47. The zero-order chi connectivity index (χ0) is 15.5. The summed E-state index contributed by atoms with van der Waals surface area (Å²) in [5, 5.41) is 7.73. The summed E-state index contributed by atoms with van der Waals surface area (Å²) in [4.78, 5) is 18.2. The van der Waals surface area contributed by atoms with Gasteiger partial charge in [0.05, 0.1) is 5.69 Å². The van der Waals surface area contributed by atoms with E-state index in [0.717, 1.165) is 16.1 Å². The highest BCUT2D eigenvalue weighted by atomic mass is 32.1. The van der Waals surface area contributed by atoms with Crippen LogP contribution >= 0.6 is 11.3 Å². The average molecular weight is 312 g/mol. The molecule has 6 heteroatoms. The molecule has 0 saturated heterocycles. The molecule has 3 rings (SSSR count). The van der Waals surface area contributed by atoms with Gasteiger partial charge in [-0.3, -0.25) is 14.8 Å². The van der Waals surface area contributed by atoms with Gasteiger partial charge in [-0.1, -0.05) is 30.3 Å². The number of benzene rings is 1. The molecule has 0 fully saturated rings. The molecular formula is C16H16N4OS. The van der Waals surface area contributed by atoms with E-state index >= 15 is 0 Å². The van der Waals surface area contributed by atoms with Crippen LogP contribution in [0.25, 0.3) is 0 Å². The lowest BCUT2D eigenvalue weighted by Crippen LogP contribution is -2.27. The molecule has 1 atom stereocenters. The van der Waals surface area contributed by atoms with Gasteiger partial charge in [0.1, 0.15) is 0 Å². The van der Waals surface area contributed by atoms with Crippen LogP contribution < -0.4 is 5.32 Å². The second-order valence-electron chi connectivity index (χ2n) is 4.95. The molecule has 112 valence electrons. The number of carbonyl (C=O) groups excluding carboxylic acids is 1. The summed E-state index contributed by atoms with van der Waals surface area (Å²) in [6.07, 6.45) is 3.45. The Balaban J connectivity index is 1.91. The van der Waals surface area contributed by atoms with Gasteiger partial charge in [-0.15, -0.1) is 11.3 Å². The number of nitrogens with one attached hydrogen (secondary N) is 1. The number of rotatable bonds is 4. The molecule has 0 radical (unpaired) electrons. The molecule has 0 aliphatic carbocycles. The number of aromatic nitrogens is 3. The fourth-order valence-electron chi connectivity index (χ4n) is 2.19. The van der Waals surface area contributed by atoms with Crippen LogP contribution in [0, 0.1) is 13.8 Å². The molecule has 0 saturated carbocycles. The lowest BCUT2D eigenvalue weighted by atomic mass is 10.1. The van der Waals surface area contributed by atoms with E-state index in [0.29, 0.717) is 5.13 Å². The van der Waals surface area contributed by atoms with Crippen molar-refractivity contribution in [3.8, 4) is 0 Å². The van der Waals surface area contributed by atoms with Gasteiger partial charge in [-0.2, -0.15) is 5.10 Å². The fraction of sp³-hybridized carbons (Fsp3) is 0.188. The van der Waals surface area contributed by atoms with Crippen molar-refractivity contribution in [1.29, 1.82) is 0 Å². The molecule has 1 aromatic carbocycles. The maximum absolute atomic E-state index is 12.7. The largest absolute Gasteiger partial charge is 0.300 e. The van der Waals surface area contributed by atoms with Crippen molar-refractivity contribution < 1.29 is 4.79 Å². The number of anilines is 1. The van der Waals surface area contributed by atoms with Gasteiger partial charge in [0, 0.05) is 17.3 Å². The Kier molecular flexibility index (Phi) is 4.02. The number of aryl methyl sites for hydroxylation is 2. The van der Waals surface area contributed by atoms with Crippen LogP contribution in [-0.4, -0.2) is 20.7 Å². The molecule has 5 nitrogen and oxygen atoms in total. The standard InChI is InChI=1S/C16H16N4OS/c1-11-12(2)22-16(18-11)19-15(21)14(20-10-6-9-17-20)13-7-4-3-5-8-13/h3-10,14H,1-2H3,(H,18,19,21)/t14-/m0/s1. The summed E-state index contributed by atoms with van der Waals surface area (Å²) in [5.74, 6) is -0.149. The predicted molar refractivity (Wildman–Crippen MR) is 87.0 cm³/mol. The van der Waals surface area contributed by atoms with Crippen molar-refractivity contribution in [1.82, 2.24) is 14.8 Å². The molecule has 2 heterocycles. The molecule has 0 aliphatic heterocycles. The third-order valence-corrected chi connectivity index (χ3v) is 4.40. The van der Waals surface area contributed by atoms with E-state index in [9.17, 15) is 4.79 Å². The van der Waals surface area contributed by atoms with Crippen LogP contribution in [0.3, 0.4) is 0 Å². The normalized spacial score (nSPS) is 12.1. The Morgan fingerprint density at radius 3 is 2.59 bits per heavy atom. The van der Waals surface area contributed by atoms with Crippen LogP contribution in [0.15, 0.2) is 48.8 Å². The van der Waals surface area contributed by atoms with Crippen LogP contribution in [0.5, 0.6) is 0 Å². The maximum Gasteiger partial charge on any atom is 0.255 e. The van der Waals surface area contributed by atoms with Gasteiger partial charge in [0.2, 0.25) is 0 Å². The van der Waals surface area contributed by atoms with Crippen molar-refractivity contribution in [2.24, 2.45) is 0 Å². The molecule has 0 unspecified atom stereocenters. The fourth-order valence-corrected chi connectivity index (χ4v) is 3.01. The van der Waals surface area contributed by atoms with E-state index in [-0.39, 0.29) is 5.91 Å². The lowest BCUT2D eigenvalue weighted by molar-refractivity contribution is -0.118. The highest BCUT2D eigenvalue weighted by molar-refractivity contribution is 7.15. The molecular weight excluding hydrogens is 296 g/mol. The quantitative estimate of drug-likeness (QED) is 0.805. The van der Waals surface area contributed by atoms with Crippen molar-refractivity contribution >= 4 is 22.4 Å². The van der Waals surface area contributed by atoms with Crippen LogP contribution in [-0.2, 0) is 4.79 Å². The first kappa shape index (κ1) is 14.5. The second kappa shape index (κ2) is 6.11. The van der Waals surface area contributed by atoms with Crippen molar-refractivity contribution in [3.63, 3.8) is 0 Å². The lowest BCUT2D eigenvalue weighted by Gasteiger charge is -2.16. The Labute approximate surface area is 132 Å². The molecule has 2 aromatic heterocycles. The Morgan fingerprint density at radius 1 is 1.23 bits per heavy atom. The highest BCUT2D eigenvalue weighted by Gasteiger charge is 2.23. The zero-order valence-electron chi connectivity index (χ0n) is 12.4. The molecule has 1 N–H and O–H groups in total. The highest BCUT2D eigenvalue weighted by Crippen LogP contribution is 2.24. The van der Waals surface area contributed by atoms with E-state index in [1.807, 2.05) is 44.2 Å². The minimum Gasteiger partial charge on any atom is -0.300 e. The van der Waals surface area contributed by atoms with E-state index in [1.54, 1.807) is 23.1 Å². The number of nitrogens with zero attached hydrogens (tertiary/aromatic N) is 3. The van der Waals surface area contributed by atoms with Gasteiger partial charge in [-0.25, -0.2) is 4.98 Å². The topological polar surface area (TPSA) is 59.8 Å². The first-order valence-electron chi connectivity index (χ1n) is 6.94. The minimum absolute atomic E-state index is 0.149. The summed E-state index contributed by atoms with van der Waals surface area (Å²) in [6.45, 7) is 3.93. The van der Waals surface area contributed by atoms with Crippen LogP contribution in [0.2, 0.25) is 0 Å². The van der Waals surface area contributed by atoms with Gasteiger partial charge in [0.15, 0.2) is 11.2 Å². The van der Waals surface area contributed by atoms with E-state index in [4.69, 9.17) is 0 Å². The van der Waals surface area contributed by atoms with Crippen molar-refractivity contribution in [2.75, 3.05) is 5.32 Å². The summed E-state index contributed by atoms with van der Waals surface area (Å²) in [6, 6.07) is 10.9. The van der Waals surface area contributed by atoms with Gasteiger partial charge in [0.25, 0.3) is 5.91 Å². The van der Waals surface area contributed by atoms with Gasteiger partial charge < -0.3 is 0 Å². The number of amides is 1. The van der Waals surface area contributed by atoms with Crippen LogP contribution in [0.1, 0.15) is 22.2 Å². The van der Waals surface area contributed by atoms with E-state index < -0.39 is 6.04 Å². The van der Waals surface area contributed by atoms with Crippen molar-refractivity contribution in [3.05, 3.63) is 64.9 Å². The van der Waals surface area contributed by atoms with Crippen molar-refractivity contribution in [2.45, 2.75) is 19.9 Å². The Bertz CT molecular complexity index is 745. The van der Waals surface area contributed by atoms with Gasteiger partial charge in [-0.05, 0) is 25.5 Å². The minimum atomic E-state index is -0.513. The number of hydrogen-bond acceptors (Lipinski definition) is 4. The second-order valence-corrected chi connectivity index (χ2v) is 6.15. The van der Waals surface area contributed by atoms with E-state index in [2.05, 4.69) is 15.4 Å². The number of hydrogen-bond donors (Lipinski definition) is 1. The molecule has 0 aliphatic rings. The van der Waals surface area contributed by atoms with Gasteiger partial charge >= 0.3 is 0 Å². The summed E-state index contributed by atoms with van der Waals surface area (Å²) in [5.41, 5.74) is 1.82. The molecule has 3 aromatic rings. The predicted octanol–water partition coefficient (Wildman–Crippen LogP) is 3.18. The molecule has 0 spiro atoms. The summed E-state index contributed by atoms with van der Waals surface area (Å²) < 4.78 is 1.65.